The van der Waals surface area contributed by atoms with Gasteiger partial charge in [-0.1, -0.05) is 56.5 Å². The van der Waals surface area contributed by atoms with Crippen molar-refractivity contribution in [2.75, 3.05) is 33.3 Å². The summed E-state index contributed by atoms with van der Waals surface area (Å²) in [5.74, 6) is 3.61. The van der Waals surface area contributed by atoms with Crippen molar-refractivity contribution >= 4 is 0 Å². The first kappa shape index (κ1) is 28.5. The summed E-state index contributed by atoms with van der Waals surface area (Å²) in [5, 5.41) is 11.3. The summed E-state index contributed by atoms with van der Waals surface area (Å²) in [6, 6.07) is 13.7. The molecule has 1 spiro atoms. The van der Waals surface area contributed by atoms with E-state index < -0.39 is 0 Å². The lowest BCUT2D eigenvalue weighted by atomic mass is 9.50. The first-order valence-electron chi connectivity index (χ1n) is 17.3. The number of methoxy groups -OCH3 is 1. The number of aryl methyl sites for hydroxylation is 1. The fourth-order valence-electron chi connectivity index (χ4n) is 9.48. The Morgan fingerprint density at radius 1 is 1.02 bits per heavy atom. The van der Waals surface area contributed by atoms with Gasteiger partial charge in [-0.25, -0.2) is 0 Å². The van der Waals surface area contributed by atoms with Crippen molar-refractivity contribution < 1.29 is 14.6 Å². The number of piperidine rings is 1. The quantitative estimate of drug-likeness (QED) is 0.244. The molecule has 2 aromatic rings. The second-order valence-corrected chi connectivity index (χ2v) is 14.1. The van der Waals surface area contributed by atoms with Gasteiger partial charge in [0.05, 0.1) is 7.11 Å². The molecule has 42 heavy (non-hydrogen) atoms. The van der Waals surface area contributed by atoms with Crippen LogP contribution < -0.4 is 9.47 Å². The summed E-state index contributed by atoms with van der Waals surface area (Å²) in [7, 11) is 1.73. The lowest BCUT2D eigenvalue weighted by Gasteiger charge is -2.60. The van der Waals surface area contributed by atoms with Crippen LogP contribution >= 0.6 is 0 Å². The van der Waals surface area contributed by atoms with Crippen LogP contribution in [0.25, 0.3) is 0 Å². The molecule has 2 aliphatic heterocycles. The average Bonchev–Trinajstić information content (AvgIpc) is 3.77. The highest BCUT2D eigenvalue weighted by Gasteiger charge is 2.66. The molecule has 7 rings (SSSR count). The largest absolute Gasteiger partial charge is 0.508 e. The van der Waals surface area contributed by atoms with Gasteiger partial charge in [-0.05, 0) is 101 Å². The van der Waals surface area contributed by atoms with E-state index in [1.807, 2.05) is 6.07 Å². The number of nitrogens with zero attached hydrogens (tertiary/aromatic N) is 2. The summed E-state index contributed by atoms with van der Waals surface area (Å²) in [4.78, 5) is 5.65. The molecule has 228 valence electrons. The molecule has 3 aliphatic carbocycles. The molecule has 2 bridgehead atoms. The van der Waals surface area contributed by atoms with Gasteiger partial charge in [-0.3, -0.25) is 9.80 Å². The monoisotopic (exact) mass is 572 g/mol. The molecular weight excluding hydrogens is 520 g/mol. The molecule has 1 N–H and O–H groups in total. The van der Waals surface area contributed by atoms with Crippen molar-refractivity contribution in [2.24, 2.45) is 11.8 Å². The first-order valence-corrected chi connectivity index (χ1v) is 17.3. The number of phenols is 1. The minimum absolute atomic E-state index is 0.00270. The minimum Gasteiger partial charge on any atom is -0.508 e. The van der Waals surface area contributed by atoms with Crippen molar-refractivity contribution in [3.8, 4) is 17.2 Å². The predicted octanol–water partition coefficient (Wildman–Crippen LogP) is 7.12. The number of phenolic OH excluding ortho intramolecular Hbond substituents is 1. The summed E-state index contributed by atoms with van der Waals surface area (Å²) < 4.78 is 13.0. The van der Waals surface area contributed by atoms with Gasteiger partial charge < -0.3 is 14.6 Å². The molecule has 2 heterocycles. The van der Waals surface area contributed by atoms with Crippen molar-refractivity contribution in [3.05, 3.63) is 53.1 Å². The Balaban J connectivity index is 1.11. The molecular formula is C37H52N2O3. The predicted molar refractivity (Wildman–Crippen MR) is 169 cm³/mol. The molecule has 0 radical (unpaired) electrons. The Labute approximate surface area is 253 Å². The fourth-order valence-corrected chi connectivity index (χ4v) is 9.48. The number of aromatic hydroxyl groups is 1. The lowest BCUT2D eigenvalue weighted by Crippen LogP contribution is -2.69. The Morgan fingerprint density at radius 3 is 2.62 bits per heavy atom. The Bertz CT molecular complexity index is 1230. The van der Waals surface area contributed by atoms with E-state index in [4.69, 9.17) is 9.47 Å². The van der Waals surface area contributed by atoms with Gasteiger partial charge in [-0.2, -0.15) is 0 Å². The second kappa shape index (κ2) is 12.0. The summed E-state index contributed by atoms with van der Waals surface area (Å²) in [6.07, 6.45) is 16.3. The number of hydrogen-bond acceptors (Lipinski definition) is 5. The third-order valence-corrected chi connectivity index (χ3v) is 11.7. The van der Waals surface area contributed by atoms with Crippen LogP contribution in [-0.4, -0.2) is 66.4 Å². The van der Waals surface area contributed by atoms with Crippen LogP contribution in [0.2, 0.25) is 0 Å². The van der Waals surface area contributed by atoms with Gasteiger partial charge in [0, 0.05) is 41.2 Å². The number of rotatable bonds is 14. The molecule has 5 heteroatoms. The number of unbranched alkanes of at least 4 members (excludes halogenated alkanes) is 4. The standard InChI is InChI=1S/C37H52N2O3/c1-3-4-20-38(21-11-6-5-8-12-26-13-9-7-10-14-26)30-18-17-29-31-23-28-32(40)24-33(41-2)35-34(28)37(29,36(30)42-35)19-22-39(31)25-27-15-16-27/h7,9-10,13-14,24,27,29-31,36,40H,3-6,8,11-12,15-23,25H2,1-2H3/t29-,30+,31+,36-,37-/m0/s1. The van der Waals surface area contributed by atoms with Crippen molar-refractivity contribution in [1.29, 1.82) is 0 Å². The SMILES string of the molecule is CCCCN(CCCCCCc1ccccc1)[C@@H]1CC[C@H]2[C@H]3Cc4c(O)cc(OC)c5c4[C@@]2(CCN3CC2CC2)[C@H]1O5. The van der Waals surface area contributed by atoms with Crippen LogP contribution in [-0.2, 0) is 18.3 Å². The molecule has 5 atom stereocenters. The van der Waals surface area contributed by atoms with Crippen LogP contribution in [0.1, 0.15) is 94.2 Å². The van der Waals surface area contributed by atoms with Crippen LogP contribution in [0, 0.1) is 11.8 Å². The van der Waals surface area contributed by atoms with Gasteiger partial charge in [-0.15, -0.1) is 0 Å². The topological polar surface area (TPSA) is 45.2 Å². The third kappa shape index (κ3) is 5.03. The van der Waals surface area contributed by atoms with Gasteiger partial charge >= 0.3 is 0 Å². The zero-order valence-corrected chi connectivity index (χ0v) is 26.0. The molecule has 5 aliphatic rings. The first-order chi connectivity index (χ1) is 20.6. The Hall–Kier alpha value is -2.24. The highest BCUT2D eigenvalue weighted by molar-refractivity contribution is 5.65. The molecule has 5 nitrogen and oxygen atoms in total. The second-order valence-electron chi connectivity index (χ2n) is 14.1. The van der Waals surface area contributed by atoms with E-state index >= 15 is 0 Å². The zero-order valence-electron chi connectivity index (χ0n) is 26.0. The molecule has 2 saturated carbocycles. The van der Waals surface area contributed by atoms with Gasteiger partial charge in [0.15, 0.2) is 11.5 Å². The smallest absolute Gasteiger partial charge is 0.166 e. The lowest BCUT2D eigenvalue weighted by molar-refractivity contribution is -0.0898. The summed E-state index contributed by atoms with van der Waals surface area (Å²) >= 11 is 0. The number of ether oxygens (including phenoxy) is 2. The van der Waals surface area contributed by atoms with E-state index in [-0.39, 0.29) is 11.5 Å². The number of hydrogen-bond donors (Lipinski definition) is 1. The number of benzene rings is 2. The van der Waals surface area contributed by atoms with Gasteiger partial charge in [0.2, 0.25) is 0 Å². The Morgan fingerprint density at radius 2 is 1.83 bits per heavy atom. The van der Waals surface area contributed by atoms with Gasteiger partial charge in [0.25, 0.3) is 0 Å². The van der Waals surface area contributed by atoms with E-state index in [2.05, 4.69) is 47.1 Å². The molecule has 0 aromatic heterocycles. The van der Waals surface area contributed by atoms with Crippen molar-refractivity contribution in [2.45, 2.75) is 114 Å². The zero-order chi connectivity index (χ0) is 28.7. The Kier molecular flexibility index (Phi) is 8.18. The normalized spacial score (nSPS) is 29.4. The highest BCUT2D eigenvalue weighted by atomic mass is 16.5. The van der Waals surface area contributed by atoms with E-state index in [9.17, 15) is 5.11 Å². The highest BCUT2D eigenvalue weighted by Crippen LogP contribution is 2.65. The van der Waals surface area contributed by atoms with E-state index in [0.29, 0.717) is 23.8 Å². The molecule has 0 unspecified atom stereocenters. The van der Waals surface area contributed by atoms with Crippen LogP contribution in [0.15, 0.2) is 36.4 Å². The molecule has 0 amide bonds. The fraction of sp³-hybridized carbons (Fsp3) is 0.676. The minimum atomic E-state index is 0.00270. The maximum atomic E-state index is 11.3. The third-order valence-electron chi connectivity index (χ3n) is 11.7. The summed E-state index contributed by atoms with van der Waals surface area (Å²) in [5.41, 5.74) is 3.96. The average molecular weight is 573 g/mol. The van der Waals surface area contributed by atoms with Gasteiger partial charge in [0.1, 0.15) is 11.9 Å². The maximum Gasteiger partial charge on any atom is 0.166 e. The van der Waals surface area contributed by atoms with E-state index in [1.54, 1.807) is 7.11 Å². The van der Waals surface area contributed by atoms with Crippen LogP contribution in [0.5, 0.6) is 17.2 Å². The molecule has 2 aromatic carbocycles. The molecule has 1 saturated heterocycles. The van der Waals surface area contributed by atoms with E-state index in [0.717, 1.165) is 48.9 Å². The number of likely N-dealkylation sites (tertiary alicyclic amines) is 1. The van der Waals surface area contributed by atoms with Crippen molar-refractivity contribution in [3.63, 3.8) is 0 Å². The summed E-state index contributed by atoms with van der Waals surface area (Å²) in [6.45, 7) is 7.06. The van der Waals surface area contributed by atoms with Crippen LogP contribution in [0.3, 0.4) is 0 Å². The van der Waals surface area contributed by atoms with Crippen LogP contribution in [0.4, 0.5) is 0 Å². The molecule has 3 fully saturated rings. The van der Waals surface area contributed by atoms with Crippen molar-refractivity contribution in [1.82, 2.24) is 9.80 Å². The maximum absolute atomic E-state index is 11.3. The van der Waals surface area contributed by atoms with E-state index in [1.165, 1.54) is 94.8 Å².